The van der Waals surface area contributed by atoms with Crippen molar-refractivity contribution in [2.24, 2.45) is 34.5 Å². The SMILES string of the molecule is C[C@]12CCC3C(CC[C@H]4CC(OC(=O)CCC(=O)O)CC[C@]34C)C1CCC2=O. The van der Waals surface area contributed by atoms with Crippen LogP contribution in [0, 0.1) is 34.5 Å². The molecule has 4 aliphatic carbocycles. The fraction of sp³-hybridized carbons (Fsp3) is 0.870. The third-order valence-electron chi connectivity index (χ3n) is 9.17. The fourth-order valence-electron chi connectivity index (χ4n) is 7.55. The fourth-order valence-corrected chi connectivity index (χ4v) is 7.55. The molecule has 0 aromatic carbocycles. The highest BCUT2D eigenvalue weighted by atomic mass is 16.5. The monoisotopic (exact) mass is 390 g/mol. The van der Waals surface area contributed by atoms with E-state index >= 15 is 0 Å². The third-order valence-corrected chi connectivity index (χ3v) is 9.17. The number of esters is 1. The molecule has 0 amide bonds. The van der Waals surface area contributed by atoms with Gasteiger partial charge in [-0.15, -0.1) is 0 Å². The van der Waals surface area contributed by atoms with Gasteiger partial charge in [0.2, 0.25) is 0 Å². The van der Waals surface area contributed by atoms with Crippen LogP contribution in [0.1, 0.15) is 84.5 Å². The average molecular weight is 391 g/mol. The van der Waals surface area contributed by atoms with Gasteiger partial charge >= 0.3 is 11.9 Å². The van der Waals surface area contributed by atoms with E-state index in [-0.39, 0.29) is 30.3 Å². The summed E-state index contributed by atoms with van der Waals surface area (Å²) in [5.41, 5.74) is 0.223. The first-order chi connectivity index (χ1) is 13.2. The molecule has 0 aromatic rings. The molecule has 28 heavy (non-hydrogen) atoms. The van der Waals surface area contributed by atoms with Crippen molar-refractivity contribution in [3.63, 3.8) is 0 Å². The van der Waals surface area contributed by atoms with Gasteiger partial charge < -0.3 is 9.84 Å². The third kappa shape index (κ3) is 3.19. The van der Waals surface area contributed by atoms with E-state index in [1.54, 1.807) is 0 Å². The molecule has 156 valence electrons. The molecule has 5 nitrogen and oxygen atoms in total. The zero-order valence-corrected chi connectivity index (χ0v) is 17.2. The van der Waals surface area contributed by atoms with Crippen molar-refractivity contribution in [3.05, 3.63) is 0 Å². The summed E-state index contributed by atoms with van der Waals surface area (Å²) in [4.78, 5) is 35.1. The van der Waals surface area contributed by atoms with E-state index in [4.69, 9.17) is 9.84 Å². The van der Waals surface area contributed by atoms with E-state index in [1.807, 2.05) is 0 Å². The lowest BCUT2D eigenvalue weighted by atomic mass is 9.45. The van der Waals surface area contributed by atoms with Crippen molar-refractivity contribution in [1.82, 2.24) is 0 Å². The first-order valence-electron chi connectivity index (χ1n) is 11.2. The number of aliphatic carboxylic acids is 1. The van der Waals surface area contributed by atoms with Crippen LogP contribution in [-0.4, -0.2) is 28.9 Å². The van der Waals surface area contributed by atoms with E-state index in [0.29, 0.717) is 34.9 Å². The molecule has 0 heterocycles. The molecular weight excluding hydrogens is 356 g/mol. The van der Waals surface area contributed by atoms with Crippen molar-refractivity contribution in [3.8, 4) is 0 Å². The van der Waals surface area contributed by atoms with E-state index in [0.717, 1.165) is 38.5 Å². The van der Waals surface area contributed by atoms with Crippen LogP contribution in [0.25, 0.3) is 0 Å². The van der Waals surface area contributed by atoms with Gasteiger partial charge in [0.15, 0.2) is 0 Å². The lowest BCUT2D eigenvalue weighted by molar-refractivity contribution is -0.163. The molecule has 7 atom stereocenters. The molecule has 0 radical (unpaired) electrons. The van der Waals surface area contributed by atoms with Gasteiger partial charge in [-0.25, -0.2) is 0 Å². The van der Waals surface area contributed by atoms with Gasteiger partial charge in [-0.05, 0) is 80.5 Å². The number of rotatable bonds is 4. The van der Waals surface area contributed by atoms with Crippen molar-refractivity contribution < 1.29 is 24.2 Å². The molecule has 0 spiro atoms. The topological polar surface area (TPSA) is 80.7 Å². The Labute approximate surface area is 167 Å². The Bertz CT molecular complexity index is 672. The van der Waals surface area contributed by atoms with Crippen LogP contribution in [0.2, 0.25) is 0 Å². The smallest absolute Gasteiger partial charge is 0.306 e. The van der Waals surface area contributed by atoms with Gasteiger partial charge in [-0.3, -0.25) is 14.4 Å². The summed E-state index contributed by atoms with van der Waals surface area (Å²) in [7, 11) is 0. The summed E-state index contributed by atoms with van der Waals surface area (Å²) in [5.74, 6) is 1.69. The number of carbonyl (C=O) groups is 3. The van der Waals surface area contributed by atoms with Gasteiger partial charge in [0.05, 0.1) is 12.8 Å². The number of carbonyl (C=O) groups excluding carboxylic acids is 2. The minimum Gasteiger partial charge on any atom is -0.481 e. The van der Waals surface area contributed by atoms with Crippen LogP contribution in [0.3, 0.4) is 0 Å². The Balaban J connectivity index is 1.41. The highest BCUT2D eigenvalue weighted by Crippen LogP contribution is 2.65. The second kappa shape index (κ2) is 7.14. The Morgan fingerprint density at radius 2 is 1.82 bits per heavy atom. The molecule has 0 bridgehead atoms. The van der Waals surface area contributed by atoms with Crippen molar-refractivity contribution >= 4 is 17.7 Å². The van der Waals surface area contributed by atoms with Crippen LogP contribution >= 0.6 is 0 Å². The summed E-state index contributed by atoms with van der Waals surface area (Å²) in [6, 6.07) is 0. The number of hydrogen-bond donors (Lipinski definition) is 1. The lowest BCUT2D eigenvalue weighted by Crippen LogP contribution is -2.54. The maximum absolute atomic E-state index is 12.5. The summed E-state index contributed by atoms with van der Waals surface area (Å²) >= 11 is 0. The van der Waals surface area contributed by atoms with E-state index < -0.39 is 5.97 Å². The summed E-state index contributed by atoms with van der Waals surface area (Å²) in [6.45, 7) is 4.68. The van der Waals surface area contributed by atoms with Crippen LogP contribution in [0.4, 0.5) is 0 Å². The number of hydrogen-bond acceptors (Lipinski definition) is 4. The minimum absolute atomic E-state index is 0.0350. The van der Waals surface area contributed by atoms with Crippen LogP contribution in [-0.2, 0) is 19.1 Å². The van der Waals surface area contributed by atoms with Gasteiger partial charge in [-0.2, -0.15) is 0 Å². The highest BCUT2D eigenvalue weighted by Gasteiger charge is 2.60. The Morgan fingerprint density at radius 3 is 2.57 bits per heavy atom. The van der Waals surface area contributed by atoms with Gasteiger partial charge in [0, 0.05) is 11.8 Å². The number of Topliss-reactive ketones (excluding diaryl/α,β-unsaturated/α-hetero) is 1. The quantitative estimate of drug-likeness (QED) is 0.721. The predicted octanol–water partition coefficient (Wildman–Crippen LogP) is 4.37. The van der Waals surface area contributed by atoms with Crippen LogP contribution in [0.15, 0.2) is 0 Å². The van der Waals surface area contributed by atoms with Crippen molar-refractivity contribution in [2.75, 3.05) is 0 Å². The van der Waals surface area contributed by atoms with Crippen molar-refractivity contribution in [2.45, 2.75) is 90.6 Å². The standard InChI is InChI=1S/C23H34O5/c1-22-11-9-15(28-21(27)8-7-20(25)26)13-14(22)3-4-16-17-5-6-19(24)23(17,2)12-10-18(16)22/h14-18H,3-13H2,1-2H3,(H,25,26)/t14-,15?,16?,17?,18?,22-,23-/m0/s1. The molecule has 0 aliphatic heterocycles. The maximum Gasteiger partial charge on any atom is 0.306 e. The molecule has 0 saturated heterocycles. The molecule has 0 aromatic heterocycles. The maximum atomic E-state index is 12.5. The normalized spacial score (nSPS) is 44.9. The lowest BCUT2D eigenvalue weighted by Gasteiger charge is -2.60. The number of ether oxygens (including phenoxy) is 1. The predicted molar refractivity (Wildman–Crippen MR) is 103 cm³/mol. The molecule has 4 unspecified atom stereocenters. The van der Waals surface area contributed by atoms with Crippen LogP contribution < -0.4 is 0 Å². The number of fused-ring (bicyclic) bond motifs is 5. The highest BCUT2D eigenvalue weighted by molar-refractivity contribution is 5.87. The van der Waals surface area contributed by atoms with Crippen LogP contribution in [0.5, 0.6) is 0 Å². The molecule has 4 aliphatic rings. The molecule has 4 rings (SSSR count). The Morgan fingerprint density at radius 1 is 1.04 bits per heavy atom. The zero-order chi connectivity index (χ0) is 20.1. The largest absolute Gasteiger partial charge is 0.481 e. The van der Waals surface area contributed by atoms with Gasteiger partial charge in [0.1, 0.15) is 11.9 Å². The Kier molecular flexibility index (Phi) is 5.08. The summed E-state index contributed by atoms with van der Waals surface area (Å²) in [6.07, 6.45) is 9.08. The van der Waals surface area contributed by atoms with E-state index in [9.17, 15) is 14.4 Å². The van der Waals surface area contributed by atoms with E-state index in [2.05, 4.69) is 13.8 Å². The van der Waals surface area contributed by atoms with Gasteiger partial charge in [-0.1, -0.05) is 13.8 Å². The second-order valence-electron chi connectivity index (χ2n) is 10.4. The number of ketones is 1. The summed E-state index contributed by atoms with van der Waals surface area (Å²) in [5, 5.41) is 8.74. The van der Waals surface area contributed by atoms with Crippen molar-refractivity contribution in [1.29, 1.82) is 0 Å². The molecule has 5 heteroatoms. The van der Waals surface area contributed by atoms with E-state index in [1.165, 1.54) is 19.3 Å². The second-order valence-corrected chi connectivity index (χ2v) is 10.4. The number of carboxylic acid groups (broad SMARTS) is 1. The first-order valence-corrected chi connectivity index (χ1v) is 11.2. The molecule has 4 fully saturated rings. The van der Waals surface area contributed by atoms with Gasteiger partial charge in [0.25, 0.3) is 0 Å². The molecule has 4 saturated carbocycles. The molecular formula is C23H34O5. The Hall–Kier alpha value is -1.39. The summed E-state index contributed by atoms with van der Waals surface area (Å²) < 4.78 is 5.62. The minimum atomic E-state index is -0.957. The zero-order valence-electron chi connectivity index (χ0n) is 17.2. The molecule has 1 N–H and O–H groups in total. The number of carboxylic acids is 1. The first kappa shape index (κ1) is 19.9. The average Bonchev–Trinajstić information content (AvgIpc) is 2.95.